The predicted molar refractivity (Wildman–Crippen MR) is 132 cm³/mol. The van der Waals surface area contributed by atoms with E-state index >= 15 is 0 Å². The van der Waals surface area contributed by atoms with Crippen LogP contribution in [0.25, 0.3) is 0 Å². The first-order valence-electron chi connectivity index (χ1n) is 11.4. The molecule has 2 unspecified atom stereocenters. The van der Waals surface area contributed by atoms with Gasteiger partial charge in [-0.3, -0.25) is 0 Å². The molecule has 2 rings (SSSR count). The number of benzene rings is 2. The fourth-order valence-corrected chi connectivity index (χ4v) is 4.62. The van der Waals surface area contributed by atoms with Gasteiger partial charge in [0.05, 0.1) is 39.9 Å². The van der Waals surface area contributed by atoms with E-state index in [2.05, 4.69) is 31.3 Å². The minimum atomic E-state index is -0.697. The average Bonchev–Trinajstić information content (AvgIpc) is 2.85. The molecule has 2 aromatic carbocycles. The third-order valence-electron chi connectivity index (χ3n) is 6.51. The SMILES string of the molecule is CNC(CCCCc1ccc(OC)c(OC)c1)C(C#N)(c1ccc(OC)c(OC)c1)C(C)C. The lowest BCUT2D eigenvalue weighted by Gasteiger charge is -2.39. The Morgan fingerprint density at radius 2 is 1.42 bits per heavy atom. The van der Waals surface area contributed by atoms with Gasteiger partial charge in [0.2, 0.25) is 0 Å². The smallest absolute Gasteiger partial charge is 0.161 e. The molecule has 0 aliphatic heterocycles. The van der Waals surface area contributed by atoms with Crippen LogP contribution in [-0.4, -0.2) is 41.5 Å². The van der Waals surface area contributed by atoms with Crippen molar-refractivity contribution in [3.05, 3.63) is 47.5 Å². The summed E-state index contributed by atoms with van der Waals surface area (Å²) >= 11 is 0. The van der Waals surface area contributed by atoms with E-state index in [1.807, 2.05) is 37.4 Å². The Balaban J connectivity index is 2.19. The van der Waals surface area contributed by atoms with Crippen LogP contribution in [0.15, 0.2) is 36.4 Å². The van der Waals surface area contributed by atoms with Crippen molar-refractivity contribution in [3.63, 3.8) is 0 Å². The van der Waals surface area contributed by atoms with Crippen molar-refractivity contribution < 1.29 is 18.9 Å². The summed E-state index contributed by atoms with van der Waals surface area (Å²) in [4.78, 5) is 0. The Morgan fingerprint density at radius 1 is 0.848 bits per heavy atom. The number of aryl methyl sites for hydroxylation is 1. The van der Waals surface area contributed by atoms with E-state index in [9.17, 15) is 5.26 Å². The molecule has 0 bridgehead atoms. The molecule has 0 saturated heterocycles. The van der Waals surface area contributed by atoms with Gasteiger partial charge in [0.15, 0.2) is 23.0 Å². The number of rotatable bonds is 13. The minimum Gasteiger partial charge on any atom is -0.493 e. The van der Waals surface area contributed by atoms with Crippen LogP contribution < -0.4 is 24.3 Å². The summed E-state index contributed by atoms with van der Waals surface area (Å²) in [5.41, 5.74) is 1.46. The van der Waals surface area contributed by atoms with Gasteiger partial charge in [0, 0.05) is 6.04 Å². The number of nitriles is 1. The summed E-state index contributed by atoms with van der Waals surface area (Å²) in [7, 11) is 8.47. The van der Waals surface area contributed by atoms with E-state index in [-0.39, 0.29) is 12.0 Å². The molecule has 180 valence electrons. The van der Waals surface area contributed by atoms with E-state index in [1.54, 1.807) is 28.4 Å². The molecule has 0 amide bonds. The van der Waals surface area contributed by atoms with Gasteiger partial charge in [-0.05, 0) is 67.6 Å². The number of likely N-dealkylation sites (N-methyl/N-ethyl adjacent to an activating group) is 1. The van der Waals surface area contributed by atoms with Crippen molar-refractivity contribution >= 4 is 0 Å². The Hall–Kier alpha value is -2.91. The highest BCUT2D eigenvalue weighted by molar-refractivity contribution is 5.48. The molecule has 0 heterocycles. The van der Waals surface area contributed by atoms with Gasteiger partial charge in [-0.2, -0.15) is 5.26 Å². The Kier molecular flexibility index (Phi) is 9.87. The van der Waals surface area contributed by atoms with Crippen molar-refractivity contribution in [2.45, 2.75) is 51.0 Å². The molecule has 0 fully saturated rings. The van der Waals surface area contributed by atoms with E-state index < -0.39 is 5.41 Å². The zero-order chi connectivity index (χ0) is 24.4. The van der Waals surface area contributed by atoms with Crippen LogP contribution in [0.2, 0.25) is 0 Å². The number of methoxy groups -OCH3 is 4. The molecule has 0 radical (unpaired) electrons. The van der Waals surface area contributed by atoms with Crippen LogP contribution in [0.5, 0.6) is 23.0 Å². The van der Waals surface area contributed by atoms with Crippen molar-refractivity contribution in [1.82, 2.24) is 5.32 Å². The lowest BCUT2D eigenvalue weighted by molar-refractivity contribution is 0.273. The maximum Gasteiger partial charge on any atom is 0.161 e. The predicted octanol–water partition coefficient (Wildman–Crippen LogP) is 5.14. The van der Waals surface area contributed by atoms with Crippen LogP contribution in [0.3, 0.4) is 0 Å². The summed E-state index contributed by atoms with van der Waals surface area (Å²) in [6.45, 7) is 4.21. The van der Waals surface area contributed by atoms with Gasteiger partial charge in [-0.1, -0.05) is 32.4 Å². The number of hydrogen-bond donors (Lipinski definition) is 1. The zero-order valence-corrected chi connectivity index (χ0v) is 21.0. The molecule has 2 aromatic rings. The highest BCUT2D eigenvalue weighted by Crippen LogP contribution is 2.41. The fraction of sp³-hybridized carbons (Fsp3) is 0.519. The van der Waals surface area contributed by atoms with Gasteiger partial charge in [0.25, 0.3) is 0 Å². The van der Waals surface area contributed by atoms with Gasteiger partial charge in [-0.25, -0.2) is 0 Å². The summed E-state index contributed by atoms with van der Waals surface area (Å²) in [5, 5.41) is 13.9. The minimum absolute atomic E-state index is 0.00833. The van der Waals surface area contributed by atoms with Gasteiger partial charge in [0.1, 0.15) is 0 Å². The summed E-state index contributed by atoms with van der Waals surface area (Å²) in [6, 6.07) is 14.5. The highest BCUT2D eigenvalue weighted by Gasteiger charge is 2.43. The van der Waals surface area contributed by atoms with Crippen molar-refractivity contribution in [3.8, 4) is 29.1 Å². The first-order valence-corrected chi connectivity index (χ1v) is 11.4. The van der Waals surface area contributed by atoms with Crippen molar-refractivity contribution in [2.24, 2.45) is 5.92 Å². The maximum absolute atomic E-state index is 10.4. The van der Waals surface area contributed by atoms with Gasteiger partial charge < -0.3 is 24.3 Å². The topological polar surface area (TPSA) is 72.7 Å². The molecule has 33 heavy (non-hydrogen) atoms. The molecule has 6 nitrogen and oxygen atoms in total. The number of hydrogen-bond acceptors (Lipinski definition) is 6. The highest BCUT2D eigenvalue weighted by atomic mass is 16.5. The van der Waals surface area contributed by atoms with Crippen LogP contribution in [0, 0.1) is 17.2 Å². The second-order valence-corrected chi connectivity index (χ2v) is 8.48. The third-order valence-corrected chi connectivity index (χ3v) is 6.51. The van der Waals surface area contributed by atoms with Crippen molar-refractivity contribution in [2.75, 3.05) is 35.5 Å². The number of ether oxygens (including phenoxy) is 4. The standard InChI is InChI=1S/C27H38N2O4/c1-19(2)27(18-28,21-13-15-23(31-5)25(17-21)33-7)26(29-3)11-9-8-10-20-12-14-22(30-4)24(16-20)32-6/h12-17,19,26,29H,8-11H2,1-7H3. The summed E-state index contributed by atoms with van der Waals surface area (Å²) < 4.78 is 21.7. The normalized spacial score (nSPS) is 13.7. The van der Waals surface area contributed by atoms with Crippen LogP contribution in [0.4, 0.5) is 0 Å². The fourth-order valence-electron chi connectivity index (χ4n) is 4.62. The molecule has 0 aromatic heterocycles. The maximum atomic E-state index is 10.4. The van der Waals surface area contributed by atoms with Crippen molar-refractivity contribution in [1.29, 1.82) is 5.26 Å². The summed E-state index contributed by atoms with van der Waals surface area (Å²) in [6.07, 6.45) is 3.82. The molecule has 0 spiro atoms. The molecule has 0 aliphatic rings. The van der Waals surface area contributed by atoms with E-state index in [1.165, 1.54) is 5.56 Å². The molecule has 6 heteroatoms. The Morgan fingerprint density at radius 3 is 1.94 bits per heavy atom. The van der Waals surface area contributed by atoms with Gasteiger partial charge >= 0.3 is 0 Å². The third kappa shape index (κ3) is 5.72. The molecule has 2 atom stereocenters. The first-order chi connectivity index (χ1) is 15.9. The monoisotopic (exact) mass is 454 g/mol. The lowest BCUT2D eigenvalue weighted by atomic mass is 9.66. The molecule has 0 aliphatic carbocycles. The lowest BCUT2D eigenvalue weighted by Crippen LogP contribution is -2.49. The van der Waals surface area contributed by atoms with E-state index in [4.69, 9.17) is 18.9 Å². The Bertz CT molecular complexity index is 938. The zero-order valence-electron chi connectivity index (χ0n) is 21.0. The Labute approximate surface area is 198 Å². The van der Waals surface area contributed by atoms with E-state index in [0.717, 1.165) is 42.7 Å². The molecule has 0 saturated carbocycles. The average molecular weight is 455 g/mol. The molecular weight excluding hydrogens is 416 g/mol. The number of nitrogens with one attached hydrogen (secondary N) is 1. The second kappa shape index (κ2) is 12.4. The quantitative estimate of drug-likeness (QED) is 0.423. The first kappa shape index (κ1) is 26.3. The van der Waals surface area contributed by atoms with Gasteiger partial charge in [-0.15, -0.1) is 0 Å². The van der Waals surface area contributed by atoms with Crippen LogP contribution in [-0.2, 0) is 11.8 Å². The molecule has 1 N–H and O–H groups in total. The number of nitrogens with zero attached hydrogens (tertiary/aromatic N) is 1. The number of unbranched alkanes of at least 4 members (excludes halogenated alkanes) is 1. The van der Waals surface area contributed by atoms with Crippen LogP contribution >= 0.6 is 0 Å². The largest absolute Gasteiger partial charge is 0.493 e. The second-order valence-electron chi connectivity index (χ2n) is 8.48. The summed E-state index contributed by atoms with van der Waals surface area (Å²) in [5.74, 6) is 2.89. The molecular formula is C27H38N2O4. The van der Waals surface area contributed by atoms with Crippen LogP contribution in [0.1, 0.15) is 44.2 Å². The van der Waals surface area contributed by atoms with E-state index in [0.29, 0.717) is 11.5 Å².